The maximum atomic E-state index is 12.3. The molecule has 1 unspecified atom stereocenters. The largest absolute Gasteiger partial charge is 0.309 e. The number of nitrogens with zero attached hydrogens (tertiary/aromatic N) is 4. The maximum Gasteiger partial charge on any atom is 0.258 e. The van der Waals surface area contributed by atoms with Gasteiger partial charge in [-0.1, -0.05) is 12.1 Å². The molecule has 0 spiro atoms. The molecule has 1 aliphatic rings. The van der Waals surface area contributed by atoms with Crippen LogP contribution in [0.5, 0.6) is 0 Å². The summed E-state index contributed by atoms with van der Waals surface area (Å²) in [5.74, 6) is 1.31. The van der Waals surface area contributed by atoms with Crippen molar-refractivity contribution in [1.29, 1.82) is 0 Å². The molecule has 25 heavy (non-hydrogen) atoms. The SMILES string of the molecule is CC(c1nc2ccccc2c(=O)[nH]1)N1CCC(c2ccnn2C)CC1. The van der Waals surface area contributed by atoms with E-state index in [2.05, 4.69) is 33.0 Å². The molecule has 0 bridgehead atoms. The molecule has 1 aliphatic heterocycles. The zero-order valence-electron chi connectivity index (χ0n) is 14.6. The van der Waals surface area contributed by atoms with Crippen LogP contribution in [0.3, 0.4) is 0 Å². The van der Waals surface area contributed by atoms with Gasteiger partial charge in [-0.05, 0) is 51.1 Å². The summed E-state index contributed by atoms with van der Waals surface area (Å²) in [6.45, 7) is 4.11. The normalized spacial score (nSPS) is 17.8. The van der Waals surface area contributed by atoms with Gasteiger partial charge in [-0.25, -0.2) is 4.98 Å². The number of benzene rings is 1. The number of piperidine rings is 1. The highest BCUT2D eigenvalue weighted by Crippen LogP contribution is 2.31. The van der Waals surface area contributed by atoms with E-state index >= 15 is 0 Å². The van der Waals surface area contributed by atoms with Crippen LogP contribution in [-0.2, 0) is 7.05 Å². The number of para-hydroxylation sites is 1. The van der Waals surface area contributed by atoms with Gasteiger partial charge in [-0.3, -0.25) is 14.4 Å². The Hall–Kier alpha value is -2.47. The van der Waals surface area contributed by atoms with E-state index in [4.69, 9.17) is 0 Å². The number of fused-ring (bicyclic) bond motifs is 1. The van der Waals surface area contributed by atoms with E-state index in [0.29, 0.717) is 11.3 Å². The molecule has 0 saturated carbocycles. The van der Waals surface area contributed by atoms with Crippen LogP contribution in [0.1, 0.15) is 43.2 Å². The molecule has 0 aliphatic carbocycles. The van der Waals surface area contributed by atoms with E-state index < -0.39 is 0 Å². The monoisotopic (exact) mass is 337 g/mol. The average molecular weight is 337 g/mol. The summed E-state index contributed by atoms with van der Waals surface area (Å²) < 4.78 is 1.98. The molecule has 2 aromatic heterocycles. The third-order valence-corrected chi connectivity index (χ3v) is 5.38. The molecule has 0 radical (unpaired) electrons. The Bertz CT molecular complexity index is 936. The second kappa shape index (κ2) is 6.44. The second-order valence-corrected chi connectivity index (χ2v) is 6.83. The molecule has 1 fully saturated rings. The molecule has 6 nitrogen and oxygen atoms in total. The fraction of sp³-hybridized carbons (Fsp3) is 0.421. The molecule has 1 saturated heterocycles. The highest BCUT2D eigenvalue weighted by molar-refractivity contribution is 5.77. The number of hydrogen-bond acceptors (Lipinski definition) is 4. The summed E-state index contributed by atoms with van der Waals surface area (Å²) in [6.07, 6.45) is 4.07. The number of nitrogens with one attached hydrogen (secondary N) is 1. The molecule has 1 atom stereocenters. The second-order valence-electron chi connectivity index (χ2n) is 6.83. The molecule has 3 heterocycles. The summed E-state index contributed by atoms with van der Waals surface area (Å²) >= 11 is 0. The summed E-state index contributed by atoms with van der Waals surface area (Å²) in [7, 11) is 2.01. The van der Waals surface area contributed by atoms with Crippen molar-refractivity contribution in [3.63, 3.8) is 0 Å². The minimum absolute atomic E-state index is 0.0581. The number of aromatic nitrogens is 4. The molecule has 1 N–H and O–H groups in total. The Morgan fingerprint density at radius 1 is 1.20 bits per heavy atom. The van der Waals surface area contributed by atoms with Crippen molar-refractivity contribution in [2.75, 3.05) is 13.1 Å². The lowest BCUT2D eigenvalue weighted by molar-refractivity contribution is 0.155. The number of hydrogen-bond donors (Lipinski definition) is 1. The predicted molar refractivity (Wildman–Crippen MR) is 97.5 cm³/mol. The van der Waals surface area contributed by atoms with Gasteiger partial charge in [0.15, 0.2) is 0 Å². The number of H-pyrrole nitrogens is 1. The van der Waals surface area contributed by atoms with Crippen LogP contribution < -0.4 is 5.56 Å². The smallest absolute Gasteiger partial charge is 0.258 e. The Kier molecular flexibility index (Phi) is 4.13. The van der Waals surface area contributed by atoms with Crippen LogP contribution in [0.4, 0.5) is 0 Å². The van der Waals surface area contributed by atoms with Crippen molar-refractivity contribution in [2.45, 2.75) is 31.7 Å². The van der Waals surface area contributed by atoms with Crippen LogP contribution in [0, 0.1) is 0 Å². The summed E-state index contributed by atoms with van der Waals surface area (Å²) in [5, 5.41) is 4.93. The van der Waals surface area contributed by atoms with Crippen LogP contribution in [0.25, 0.3) is 10.9 Å². The van der Waals surface area contributed by atoms with Gasteiger partial charge in [-0.15, -0.1) is 0 Å². The molecule has 3 aromatic rings. The van der Waals surface area contributed by atoms with Crippen LogP contribution in [0.15, 0.2) is 41.3 Å². The van der Waals surface area contributed by atoms with E-state index in [9.17, 15) is 4.79 Å². The van der Waals surface area contributed by atoms with Gasteiger partial charge in [0.2, 0.25) is 0 Å². The lowest BCUT2D eigenvalue weighted by Crippen LogP contribution is -2.36. The minimum atomic E-state index is -0.0581. The molecule has 130 valence electrons. The van der Waals surface area contributed by atoms with E-state index in [1.54, 1.807) is 0 Å². The topological polar surface area (TPSA) is 66.8 Å². The standard InChI is InChI=1S/C19H23N5O/c1-13(18-21-16-6-4-3-5-15(16)19(25)22-18)24-11-8-14(9-12-24)17-7-10-20-23(17)2/h3-7,10,13-14H,8-9,11-12H2,1-2H3,(H,21,22,25). The number of aromatic amines is 1. The van der Waals surface area contributed by atoms with Crippen LogP contribution in [0.2, 0.25) is 0 Å². The van der Waals surface area contributed by atoms with E-state index in [-0.39, 0.29) is 11.6 Å². The summed E-state index contributed by atoms with van der Waals surface area (Å²) in [5.41, 5.74) is 2.01. The van der Waals surface area contributed by atoms with Crippen molar-refractivity contribution in [2.24, 2.45) is 7.05 Å². The van der Waals surface area contributed by atoms with E-state index in [1.165, 1.54) is 5.69 Å². The quantitative estimate of drug-likeness (QED) is 0.798. The molecule has 6 heteroatoms. The highest BCUT2D eigenvalue weighted by Gasteiger charge is 2.27. The number of likely N-dealkylation sites (tertiary alicyclic amines) is 1. The Morgan fingerprint density at radius 3 is 2.68 bits per heavy atom. The van der Waals surface area contributed by atoms with Crippen molar-refractivity contribution < 1.29 is 0 Å². The first-order chi connectivity index (χ1) is 12.1. The zero-order chi connectivity index (χ0) is 17.4. The molecule has 4 rings (SSSR count). The van der Waals surface area contributed by atoms with Gasteiger partial charge >= 0.3 is 0 Å². The van der Waals surface area contributed by atoms with Gasteiger partial charge in [0.1, 0.15) is 5.82 Å². The number of aryl methyl sites for hydroxylation is 1. The van der Waals surface area contributed by atoms with Crippen molar-refractivity contribution in [3.8, 4) is 0 Å². The third kappa shape index (κ3) is 2.98. The Balaban J connectivity index is 1.52. The molecular weight excluding hydrogens is 314 g/mol. The molecule has 1 aromatic carbocycles. The van der Waals surface area contributed by atoms with E-state index in [0.717, 1.165) is 37.3 Å². The fourth-order valence-electron chi connectivity index (χ4n) is 3.84. The van der Waals surface area contributed by atoms with Crippen molar-refractivity contribution >= 4 is 10.9 Å². The van der Waals surface area contributed by atoms with E-state index in [1.807, 2.05) is 42.2 Å². The lowest BCUT2D eigenvalue weighted by Gasteiger charge is -2.35. The number of rotatable bonds is 3. The van der Waals surface area contributed by atoms with Crippen molar-refractivity contribution in [3.05, 3.63) is 58.4 Å². The predicted octanol–water partition coefficient (Wildman–Crippen LogP) is 2.60. The minimum Gasteiger partial charge on any atom is -0.309 e. The highest BCUT2D eigenvalue weighted by atomic mass is 16.1. The van der Waals surface area contributed by atoms with Gasteiger partial charge in [0.05, 0.1) is 16.9 Å². The first-order valence-corrected chi connectivity index (χ1v) is 8.84. The Morgan fingerprint density at radius 2 is 1.96 bits per heavy atom. The van der Waals surface area contributed by atoms with Gasteiger partial charge in [0.25, 0.3) is 5.56 Å². The third-order valence-electron chi connectivity index (χ3n) is 5.38. The first kappa shape index (κ1) is 16.0. The van der Waals surface area contributed by atoms with Gasteiger partial charge < -0.3 is 4.98 Å². The fourth-order valence-corrected chi connectivity index (χ4v) is 3.84. The Labute approximate surface area is 146 Å². The maximum absolute atomic E-state index is 12.3. The first-order valence-electron chi connectivity index (χ1n) is 8.84. The molecular formula is C19H23N5O. The summed E-state index contributed by atoms with van der Waals surface area (Å²) in [4.78, 5) is 22.4. The van der Waals surface area contributed by atoms with Crippen LogP contribution >= 0.6 is 0 Å². The lowest BCUT2D eigenvalue weighted by atomic mass is 9.92. The van der Waals surface area contributed by atoms with Gasteiger partial charge in [0, 0.05) is 24.9 Å². The summed E-state index contributed by atoms with van der Waals surface area (Å²) in [6, 6.07) is 9.72. The molecule has 0 amide bonds. The average Bonchev–Trinajstić information content (AvgIpc) is 3.07. The van der Waals surface area contributed by atoms with Crippen LogP contribution in [-0.4, -0.2) is 37.7 Å². The zero-order valence-corrected chi connectivity index (χ0v) is 14.6. The van der Waals surface area contributed by atoms with Gasteiger partial charge in [-0.2, -0.15) is 5.10 Å². The van der Waals surface area contributed by atoms with Crippen molar-refractivity contribution in [1.82, 2.24) is 24.6 Å².